The number of hydrogen-bond donors (Lipinski definition) is 2. The smallest absolute Gasteiger partial charge is 0.269 e. The van der Waals surface area contributed by atoms with Crippen molar-refractivity contribution in [2.75, 3.05) is 0 Å². The van der Waals surface area contributed by atoms with Gasteiger partial charge in [-0.25, -0.2) is 0 Å². The van der Waals surface area contributed by atoms with Crippen LogP contribution >= 0.6 is 0 Å². The van der Waals surface area contributed by atoms with Gasteiger partial charge < -0.3 is 10.2 Å². The van der Waals surface area contributed by atoms with E-state index >= 15 is 0 Å². The maximum atomic E-state index is 12.2. The van der Waals surface area contributed by atoms with Crippen molar-refractivity contribution < 1.29 is 24.7 Å². The Bertz CT molecular complexity index is 780. The number of nitro groups is 1. The van der Waals surface area contributed by atoms with E-state index < -0.39 is 10.8 Å². The highest BCUT2D eigenvalue weighted by Crippen LogP contribution is 2.43. The van der Waals surface area contributed by atoms with E-state index in [1.807, 2.05) is 0 Å². The van der Waals surface area contributed by atoms with Crippen LogP contribution in [0, 0.1) is 10.1 Å². The van der Waals surface area contributed by atoms with E-state index in [9.17, 15) is 29.9 Å². The molecule has 0 spiro atoms. The Balaban J connectivity index is 2.20. The standard InChI is InChI=1S/C17H15NO6/c19-11-4-5-12(20)16(11)15(17-13(21)6-7-14(17)22)9-2-1-3-10(8-9)18(23)24/h1-3,8,15,19,21H,4-7H2. The molecule has 7 heteroatoms. The third-order valence-corrected chi connectivity index (χ3v) is 4.39. The van der Waals surface area contributed by atoms with E-state index in [1.165, 1.54) is 18.2 Å². The normalized spacial score (nSPS) is 18.2. The number of rotatable bonds is 4. The van der Waals surface area contributed by atoms with Gasteiger partial charge in [-0.15, -0.1) is 0 Å². The van der Waals surface area contributed by atoms with E-state index in [0.717, 1.165) is 0 Å². The zero-order chi connectivity index (χ0) is 17.4. The monoisotopic (exact) mass is 329 g/mol. The SMILES string of the molecule is O=C1CCC(O)=C1C(C1=C(O)CCC1=O)c1cccc([N+](=O)[O-])c1. The van der Waals surface area contributed by atoms with E-state index in [4.69, 9.17) is 0 Å². The average molecular weight is 329 g/mol. The summed E-state index contributed by atoms with van der Waals surface area (Å²) < 4.78 is 0. The molecule has 0 saturated carbocycles. The maximum absolute atomic E-state index is 12.2. The van der Waals surface area contributed by atoms with Gasteiger partial charge in [0, 0.05) is 54.9 Å². The number of carbonyl (C=O) groups is 2. The molecule has 0 amide bonds. The summed E-state index contributed by atoms with van der Waals surface area (Å²) in [5, 5.41) is 31.2. The fourth-order valence-corrected chi connectivity index (χ4v) is 3.28. The molecule has 0 fully saturated rings. The Morgan fingerprint density at radius 3 is 1.92 bits per heavy atom. The van der Waals surface area contributed by atoms with Crippen molar-refractivity contribution in [2.45, 2.75) is 31.6 Å². The van der Waals surface area contributed by atoms with Crippen LogP contribution < -0.4 is 0 Å². The molecule has 0 bridgehead atoms. The van der Waals surface area contributed by atoms with E-state index in [1.54, 1.807) is 6.07 Å². The molecule has 1 aromatic carbocycles. The molecule has 2 aliphatic rings. The predicted molar refractivity (Wildman–Crippen MR) is 83.6 cm³/mol. The molecule has 0 aromatic heterocycles. The molecule has 0 atom stereocenters. The van der Waals surface area contributed by atoms with Crippen LogP contribution in [0.2, 0.25) is 0 Å². The van der Waals surface area contributed by atoms with E-state index in [0.29, 0.717) is 5.56 Å². The van der Waals surface area contributed by atoms with Crippen molar-refractivity contribution >= 4 is 17.3 Å². The van der Waals surface area contributed by atoms with Crippen molar-refractivity contribution in [1.29, 1.82) is 0 Å². The number of non-ortho nitro benzene ring substituents is 1. The highest BCUT2D eigenvalue weighted by atomic mass is 16.6. The number of aliphatic hydroxyl groups excluding tert-OH is 2. The largest absolute Gasteiger partial charge is 0.512 e. The summed E-state index contributed by atoms with van der Waals surface area (Å²) in [5.41, 5.74) is 0.242. The van der Waals surface area contributed by atoms with Crippen LogP contribution in [0.15, 0.2) is 46.9 Å². The number of aliphatic hydroxyl groups is 2. The van der Waals surface area contributed by atoms with Crippen molar-refractivity contribution in [3.8, 4) is 0 Å². The average Bonchev–Trinajstić information content (AvgIpc) is 3.05. The number of nitro benzene ring substituents is 1. The first-order chi connectivity index (χ1) is 11.4. The molecular formula is C17H15NO6. The Kier molecular flexibility index (Phi) is 3.92. The summed E-state index contributed by atoms with van der Waals surface area (Å²) in [6.07, 6.45) is 0.577. The lowest BCUT2D eigenvalue weighted by atomic mass is 9.82. The highest BCUT2D eigenvalue weighted by Gasteiger charge is 2.39. The highest BCUT2D eigenvalue weighted by molar-refractivity contribution is 6.06. The molecule has 0 unspecified atom stereocenters. The summed E-state index contributed by atoms with van der Waals surface area (Å²) >= 11 is 0. The lowest BCUT2D eigenvalue weighted by Crippen LogP contribution is -2.16. The van der Waals surface area contributed by atoms with Crippen LogP contribution in [0.4, 0.5) is 5.69 Å². The van der Waals surface area contributed by atoms with Crippen LogP contribution in [-0.4, -0.2) is 26.7 Å². The second kappa shape index (κ2) is 5.92. The molecule has 124 valence electrons. The summed E-state index contributed by atoms with van der Waals surface area (Å²) in [5.74, 6) is -1.86. The molecule has 0 heterocycles. The lowest BCUT2D eigenvalue weighted by molar-refractivity contribution is -0.384. The van der Waals surface area contributed by atoms with Crippen molar-refractivity contribution in [3.63, 3.8) is 0 Å². The number of carbonyl (C=O) groups excluding carboxylic acids is 2. The minimum atomic E-state index is -0.977. The van der Waals surface area contributed by atoms with Gasteiger partial charge in [0.25, 0.3) is 5.69 Å². The van der Waals surface area contributed by atoms with Gasteiger partial charge in [0.2, 0.25) is 0 Å². The van der Waals surface area contributed by atoms with Crippen molar-refractivity contribution in [2.24, 2.45) is 0 Å². The first-order valence-corrected chi connectivity index (χ1v) is 7.55. The first-order valence-electron chi connectivity index (χ1n) is 7.55. The minimum Gasteiger partial charge on any atom is -0.512 e. The Morgan fingerprint density at radius 2 is 1.50 bits per heavy atom. The predicted octanol–water partition coefficient (Wildman–Crippen LogP) is 3.03. The first kappa shape index (κ1) is 15.9. The fraction of sp³-hybridized carbons (Fsp3) is 0.294. The Morgan fingerprint density at radius 1 is 0.958 bits per heavy atom. The van der Waals surface area contributed by atoms with Crippen LogP contribution in [0.1, 0.15) is 37.2 Å². The van der Waals surface area contributed by atoms with Gasteiger partial charge in [0.15, 0.2) is 11.6 Å². The third kappa shape index (κ3) is 2.58. The molecule has 7 nitrogen and oxygen atoms in total. The molecule has 1 aromatic rings. The van der Waals surface area contributed by atoms with Crippen molar-refractivity contribution in [3.05, 3.63) is 62.6 Å². The molecule has 0 radical (unpaired) electrons. The second-order valence-electron chi connectivity index (χ2n) is 5.85. The number of Topliss-reactive ketones (excluding diaryl/α,β-unsaturated/α-hetero) is 2. The van der Waals surface area contributed by atoms with Gasteiger partial charge in [0.05, 0.1) is 4.92 Å². The van der Waals surface area contributed by atoms with Gasteiger partial charge in [-0.2, -0.15) is 0 Å². The fourth-order valence-electron chi connectivity index (χ4n) is 3.28. The Hall–Kier alpha value is -2.96. The van der Waals surface area contributed by atoms with Gasteiger partial charge in [0.1, 0.15) is 11.5 Å². The quantitative estimate of drug-likeness (QED) is 0.647. The summed E-state index contributed by atoms with van der Waals surface area (Å²) in [4.78, 5) is 34.9. The topological polar surface area (TPSA) is 118 Å². The number of hydrogen-bond acceptors (Lipinski definition) is 6. The van der Waals surface area contributed by atoms with E-state index in [2.05, 4.69) is 0 Å². The number of benzene rings is 1. The third-order valence-electron chi connectivity index (χ3n) is 4.39. The molecule has 2 N–H and O–H groups in total. The molecule has 0 aliphatic heterocycles. The van der Waals surface area contributed by atoms with Crippen LogP contribution in [0.5, 0.6) is 0 Å². The molecular weight excluding hydrogens is 314 g/mol. The van der Waals surface area contributed by atoms with Crippen molar-refractivity contribution in [1.82, 2.24) is 0 Å². The molecule has 2 aliphatic carbocycles. The van der Waals surface area contributed by atoms with Gasteiger partial charge >= 0.3 is 0 Å². The van der Waals surface area contributed by atoms with Crippen LogP contribution in [0.3, 0.4) is 0 Å². The summed E-state index contributed by atoms with van der Waals surface area (Å²) in [7, 11) is 0. The number of allylic oxidation sites excluding steroid dienone is 4. The number of nitrogens with zero attached hydrogens (tertiary/aromatic N) is 1. The Labute approximate surface area is 137 Å². The molecule has 0 saturated heterocycles. The van der Waals surface area contributed by atoms with E-state index in [-0.39, 0.29) is 65.6 Å². The summed E-state index contributed by atoms with van der Waals surface area (Å²) in [6, 6.07) is 5.57. The lowest BCUT2D eigenvalue weighted by Gasteiger charge is -2.19. The van der Waals surface area contributed by atoms with Crippen LogP contribution in [-0.2, 0) is 9.59 Å². The zero-order valence-corrected chi connectivity index (χ0v) is 12.7. The second-order valence-corrected chi connectivity index (χ2v) is 5.85. The molecule has 3 rings (SSSR count). The zero-order valence-electron chi connectivity index (χ0n) is 12.7. The maximum Gasteiger partial charge on any atom is 0.269 e. The van der Waals surface area contributed by atoms with Crippen LogP contribution in [0.25, 0.3) is 0 Å². The number of ketones is 2. The summed E-state index contributed by atoms with van der Waals surface area (Å²) in [6.45, 7) is 0. The van der Waals surface area contributed by atoms with Gasteiger partial charge in [-0.05, 0) is 5.56 Å². The molecule has 24 heavy (non-hydrogen) atoms. The van der Waals surface area contributed by atoms with Gasteiger partial charge in [-0.1, -0.05) is 12.1 Å². The van der Waals surface area contributed by atoms with Gasteiger partial charge in [-0.3, -0.25) is 19.7 Å². The minimum absolute atomic E-state index is 0.0484.